The molecule has 9 nitrogen and oxygen atoms in total. The maximum Gasteiger partial charge on any atom is 0.427 e. The fourth-order valence-electron chi connectivity index (χ4n) is 3.19. The molecule has 0 radical (unpaired) electrons. The predicted octanol–water partition coefficient (Wildman–Crippen LogP) is 3.64. The maximum absolute atomic E-state index is 13.3. The quantitative estimate of drug-likeness (QED) is 0.708. The topological polar surface area (TPSA) is 106 Å². The van der Waals surface area contributed by atoms with Gasteiger partial charge in [-0.05, 0) is 46.6 Å². The number of halogens is 3. The third kappa shape index (κ3) is 4.52. The first-order valence-electron chi connectivity index (χ1n) is 9.88. The van der Waals surface area contributed by atoms with Crippen molar-refractivity contribution >= 4 is 27.5 Å². The van der Waals surface area contributed by atoms with Crippen LogP contribution in [0.5, 0.6) is 0 Å². The lowest BCUT2D eigenvalue weighted by molar-refractivity contribution is -0.242. The number of fused-ring (bicyclic) bond motifs is 1. The lowest BCUT2D eigenvalue weighted by atomic mass is 10.1. The number of aryl methyl sites for hydroxylation is 3. The highest BCUT2D eigenvalue weighted by atomic mass is 32.2. The molecule has 1 aliphatic rings. The molecule has 32 heavy (non-hydrogen) atoms. The van der Waals surface area contributed by atoms with Gasteiger partial charge in [-0.3, -0.25) is 19.3 Å². The number of sulfonamides is 1. The Morgan fingerprint density at radius 2 is 2.00 bits per heavy atom. The maximum atomic E-state index is 13.3. The lowest BCUT2D eigenvalue weighted by Crippen LogP contribution is -2.44. The fraction of sp³-hybridized carbons (Fsp3) is 0.526. The molecule has 2 aromatic rings. The van der Waals surface area contributed by atoms with Gasteiger partial charge in [-0.15, -0.1) is 0 Å². The summed E-state index contributed by atoms with van der Waals surface area (Å²) in [5, 5.41) is 6.38. The molecule has 0 unspecified atom stereocenters. The van der Waals surface area contributed by atoms with Crippen LogP contribution in [0.3, 0.4) is 0 Å². The Kier molecular flexibility index (Phi) is 6.15. The van der Waals surface area contributed by atoms with Gasteiger partial charge in [-0.1, -0.05) is 0 Å². The van der Waals surface area contributed by atoms with Gasteiger partial charge in [0.1, 0.15) is 4.90 Å². The number of amides is 1. The van der Waals surface area contributed by atoms with Crippen molar-refractivity contribution in [2.45, 2.75) is 63.8 Å². The zero-order valence-electron chi connectivity index (χ0n) is 18.0. The predicted molar refractivity (Wildman–Crippen MR) is 110 cm³/mol. The zero-order chi connectivity index (χ0) is 23.9. The molecule has 1 aliphatic heterocycles. The molecule has 0 fully saturated rings. The number of nitrogens with one attached hydrogen (secondary N) is 1. The molecule has 1 N–H and O–H groups in total. The Morgan fingerprint density at radius 1 is 1.31 bits per heavy atom. The highest BCUT2D eigenvalue weighted by Crippen LogP contribution is 2.35. The van der Waals surface area contributed by atoms with Crippen molar-refractivity contribution in [3.05, 3.63) is 29.8 Å². The Labute approximate surface area is 183 Å². The van der Waals surface area contributed by atoms with Crippen LogP contribution in [0.25, 0.3) is 0 Å². The largest absolute Gasteiger partial charge is 0.434 e. The highest BCUT2D eigenvalue weighted by molar-refractivity contribution is 7.92. The van der Waals surface area contributed by atoms with Gasteiger partial charge >= 0.3 is 12.3 Å². The standard InChI is InChI=1S/C19H24F3N5O4S/c1-5-26-11-16(12(2)25-26)32(29,30)27-8-6-7-14-15(27)9-13(10-23-14)24-17(28)31-18(3,4)19(20,21)22/h9-11H,5-8H2,1-4H3,(H,24,28). The SMILES string of the molecule is CCn1cc(S(=O)(=O)N2CCCc3ncc(NC(=O)OC(C)(C)C(F)(F)F)cc32)c(C)n1. The molecule has 13 heteroatoms. The van der Waals surface area contributed by atoms with Gasteiger partial charge in [-0.2, -0.15) is 18.3 Å². The normalized spacial score (nSPS) is 14.8. The van der Waals surface area contributed by atoms with Crippen molar-refractivity contribution in [2.75, 3.05) is 16.2 Å². The smallest absolute Gasteiger partial charge is 0.427 e. The molecule has 0 atom stereocenters. The van der Waals surface area contributed by atoms with E-state index in [0.29, 0.717) is 30.8 Å². The number of ether oxygens (including phenoxy) is 1. The number of carbonyl (C=O) groups excluding carboxylic acids is 1. The molecule has 3 heterocycles. The molecular formula is C19H24F3N5O4S. The minimum atomic E-state index is -4.76. The number of alkyl halides is 3. The van der Waals surface area contributed by atoms with Gasteiger partial charge in [0, 0.05) is 19.3 Å². The average Bonchev–Trinajstić information content (AvgIpc) is 3.07. The second kappa shape index (κ2) is 8.26. The second-order valence-electron chi connectivity index (χ2n) is 7.83. The molecule has 1 amide bonds. The summed E-state index contributed by atoms with van der Waals surface area (Å²) in [7, 11) is -3.97. The number of hydrogen-bond donors (Lipinski definition) is 1. The third-order valence-corrected chi connectivity index (χ3v) is 6.98. The number of nitrogens with zero attached hydrogens (tertiary/aromatic N) is 4. The van der Waals surface area contributed by atoms with Crippen molar-refractivity contribution in [1.29, 1.82) is 0 Å². The first-order chi connectivity index (χ1) is 14.8. The van der Waals surface area contributed by atoms with E-state index in [0.717, 1.165) is 13.8 Å². The van der Waals surface area contributed by atoms with Crippen LogP contribution >= 0.6 is 0 Å². The monoisotopic (exact) mass is 475 g/mol. The van der Waals surface area contributed by atoms with Crippen LogP contribution in [-0.2, 0) is 27.7 Å². The summed E-state index contributed by atoms with van der Waals surface area (Å²) in [6, 6.07) is 1.36. The van der Waals surface area contributed by atoms with Gasteiger partial charge < -0.3 is 4.74 Å². The van der Waals surface area contributed by atoms with E-state index in [1.165, 1.54) is 27.4 Å². The molecule has 0 aromatic carbocycles. The lowest BCUT2D eigenvalue weighted by Gasteiger charge is -2.30. The third-order valence-electron chi connectivity index (χ3n) is 5.06. The van der Waals surface area contributed by atoms with Crippen LogP contribution in [-0.4, -0.2) is 47.6 Å². The first-order valence-corrected chi connectivity index (χ1v) is 11.3. The van der Waals surface area contributed by atoms with E-state index in [4.69, 9.17) is 0 Å². The van der Waals surface area contributed by atoms with Gasteiger partial charge in [0.05, 0.1) is 29.0 Å². The van der Waals surface area contributed by atoms with E-state index in [2.05, 4.69) is 20.1 Å². The van der Waals surface area contributed by atoms with Gasteiger partial charge in [0.25, 0.3) is 10.0 Å². The molecular weight excluding hydrogens is 451 g/mol. The van der Waals surface area contributed by atoms with Gasteiger partial charge in [0.2, 0.25) is 5.60 Å². The van der Waals surface area contributed by atoms with E-state index in [1.54, 1.807) is 6.92 Å². The molecule has 0 spiro atoms. The Morgan fingerprint density at radius 3 is 2.59 bits per heavy atom. The van der Waals surface area contributed by atoms with Crippen LogP contribution in [0.2, 0.25) is 0 Å². The fourth-order valence-corrected chi connectivity index (χ4v) is 4.88. The summed E-state index contributed by atoms with van der Waals surface area (Å²) in [6.07, 6.45) is -2.35. The van der Waals surface area contributed by atoms with E-state index < -0.39 is 27.9 Å². The number of pyridine rings is 1. The van der Waals surface area contributed by atoms with E-state index in [1.807, 2.05) is 6.92 Å². The number of carbonyl (C=O) groups is 1. The summed E-state index contributed by atoms with van der Waals surface area (Å²) in [5.74, 6) is 0. The van der Waals surface area contributed by atoms with Crippen molar-refractivity contribution in [3.8, 4) is 0 Å². The van der Waals surface area contributed by atoms with Crippen molar-refractivity contribution in [2.24, 2.45) is 0 Å². The summed E-state index contributed by atoms with van der Waals surface area (Å²) >= 11 is 0. The molecule has 176 valence electrons. The Hall–Kier alpha value is -2.83. The summed E-state index contributed by atoms with van der Waals surface area (Å²) in [4.78, 5) is 16.3. The summed E-state index contributed by atoms with van der Waals surface area (Å²) in [5.41, 5.74) is -1.61. The van der Waals surface area contributed by atoms with Crippen molar-refractivity contribution < 1.29 is 31.1 Å². The number of anilines is 2. The highest BCUT2D eigenvalue weighted by Gasteiger charge is 2.51. The van der Waals surface area contributed by atoms with Crippen molar-refractivity contribution in [3.63, 3.8) is 0 Å². The van der Waals surface area contributed by atoms with E-state index in [-0.39, 0.29) is 22.8 Å². The minimum absolute atomic E-state index is 0.00907. The Balaban J connectivity index is 1.90. The van der Waals surface area contributed by atoms with E-state index in [9.17, 15) is 26.4 Å². The molecule has 3 rings (SSSR count). The number of aromatic nitrogens is 3. The summed E-state index contributed by atoms with van der Waals surface area (Å²) < 4.78 is 72.8. The minimum Gasteiger partial charge on any atom is -0.434 e. The molecule has 0 aliphatic carbocycles. The van der Waals surface area contributed by atoms with Crippen LogP contribution in [0.15, 0.2) is 23.4 Å². The Bertz CT molecular complexity index is 1130. The van der Waals surface area contributed by atoms with Crippen LogP contribution in [0, 0.1) is 6.92 Å². The molecule has 2 aromatic heterocycles. The molecule has 0 bridgehead atoms. The summed E-state index contributed by atoms with van der Waals surface area (Å²) in [6.45, 7) is 5.57. The van der Waals surface area contributed by atoms with Crippen molar-refractivity contribution in [1.82, 2.24) is 14.8 Å². The van der Waals surface area contributed by atoms with E-state index >= 15 is 0 Å². The molecule has 0 saturated carbocycles. The average molecular weight is 475 g/mol. The number of hydrogen-bond acceptors (Lipinski definition) is 6. The van der Waals surface area contributed by atoms with Gasteiger partial charge in [0.15, 0.2) is 0 Å². The van der Waals surface area contributed by atoms with Gasteiger partial charge in [-0.25, -0.2) is 13.2 Å². The van der Waals surface area contributed by atoms with Crippen LogP contribution in [0.1, 0.15) is 38.6 Å². The van der Waals surface area contributed by atoms with Crippen LogP contribution in [0.4, 0.5) is 29.3 Å². The zero-order valence-corrected chi connectivity index (χ0v) is 18.8. The number of rotatable bonds is 5. The second-order valence-corrected chi connectivity index (χ2v) is 9.66. The molecule has 0 saturated heterocycles. The first kappa shape index (κ1) is 23.8. The van der Waals surface area contributed by atoms with Crippen LogP contribution < -0.4 is 9.62 Å².